The summed E-state index contributed by atoms with van der Waals surface area (Å²) in [5, 5.41) is 17.8. The summed E-state index contributed by atoms with van der Waals surface area (Å²) in [6.45, 7) is 1.47. The van der Waals surface area contributed by atoms with Gasteiger partial charge in [0.05, 0.1) is 0 Å². The second kappa shape index (κ2) is 8.58. The third-order valence-corrected chi connectivity index (χ3v) is 6.96. The van der Waals surface area contributed by atoms with Crippen LogP contribution in [-0.4, -0.2) is 42.2 Å². The topological polar surface area (TPSA) is 104 Å². The van der Waals surface area contributed by atoms with Crippen molar-refractivity contribution in [1.29, 1.82) is 0 Å². The summed E-state index contributed by atoms with van der Waals surface area (Å²) in [5.74, 6) is 11.1. The van der Waals surface area contributed by atoms with E-state index in [0.29, 0.717) is 12.3 Å². The molecule has 1 amide bonds. The monoisotopic (exact) mass is 389 g/mol. The second-order valence-corrected chi connectivity index (χ2v) is 9.39. The number of aryl methyl sites for hydroxylation is 1. The molecule has 7 heteroatoms. The lowest BCUT2D eigenvalue weighted by atomic mass is 9.99. The van der Waals surface area contributed by atoms with Crippen LogP contribution in [0.25, 0.3) is 0 Å². The Labute approximate surface area is 159 Å². The van der Waals surface area contributed by atoms with Crippen molar-refractivity contribution in [3.05, 3.63) is 35.4 Å². The van der Waals surface area contributed by atoms with Crippen molar-refractivity contribution in [2.45, 2.75) is 30.9 Å². The van der Waals surface area contributed by atoms with Crippen LogP contribution in [0.1, 0.15) is 30.9 Å². The minimum absolute atomic E-state index is 0.0438. The maximum Gasteiger partial charge on any atom is 0.264 e. The van der Waals surface area contributed by atoms with Gasteiger partial charge in [-0.2, -0.15) is 0 Å². The van der Waals surface area contributed by atoms with E-state index < -0.39 is 20.5 Å². The fourth-order valence-corrected chi connectivity index (χ4v) is 3.44. The minimum Gasteiger partial charge on any atom is -0.396 e. The van der Waals surface area contributed by atoms with Gasteiger partial charge < -0.3 is 5.11 Å². The Balaban J connectivity index is 1.98. The number of aliphatic hydroxyl groups excluding tert-OH is 1. The molecule has 2 unspecified atom stereocenters. The van der Waals surface area contributed by atoms with Crippen molar-refractivity contribution in [3.8, 4) is 23.7 Å². The Bertz CT molecular complexity index is 915. The number of amides is 1. The highest BCUT2D eigenvalue weighted by atomic mass is 32.2. The summed E-state index contributed by atoms with van der Waals surface area (Å²) >= 11 is 0. The normalized spacial score (nSPS) is 20.3. The van der Waals surface area contributed by atoms with E-state index in [9.17, 15) is 13.2 Å². The van der Waals surface area contributed by atoms with Gasteiger partial charge in [0.25, 0.3) is 5.91 Å². The number of rotatable bonds is 6. The summed E-state index contributed by atoms with van der Waals surface area (Å²) in [6.07, 6.45) is 2.31. The number of hydrogen-bond donors (Lipinski definition) is 3. The Hall–Kier alpha value is -2.32. The fourth-order valence-electron chi connectivity index (χ4n) is 2.58. The van der Waals surface area contributed by atoms with Crippen LogP contribution in [0.15, 0.2) is 24.3 Å². The molecule has 1 aromatic rings. The Morgan fingerprint density at radius 1 is 1.30 bits per heavy atom. The summed E-state index contributed by atoms with van der Waals surface area (Å²) < 4.78 is 22.2. The second-order valence-electron chi connectivity index (χ2n) is 6.95. The molecule has 0 heterocycles. The third kappa shape index (κ3) is 5.33. The molecule has 1 aliphatic rings. The number of nitrogens with one attached hydrogen (secondary N) is 1. The van der Waals surface area contributed by atoms with Crippen molar-refractivity contribution in [1.82, 2.24) is 5.48 Å². The first-order valence-corrected chi connectivity index (χ1v) is 10.5. The Kier molecular flexibility index (Phi) is 6.67. The maximum absolute atomic E-state index is 12.0. The molecule has 1 fully saturated rings. The number of benzene rings is 1. The average molecular weight is 389 g/mol. The van der Waals surface area contributed by atoms with Crippen molar-refractivity contribution < 1.29 is 23.5 Å². The van der Waals surface area contributed by atoms with Crippen LogP contribution < -0.4 is 5.48 Å². The standard InChI is InChI=1S/C20H23NO5S/c1-20(19(23)21-24,27(2,25)26)12-11-16-9-7-15(8-10-16)5-3-4-6-17-13-18(17)14-22/h7-10,17-18,22,24H,11-14H2,1-2H3,(H,21,23)/t17-,18?,20?/m1/s1. The molecule has 0 saturated heterocycles. The van der Waals surface area contributed by atoms with E-state index in [1.54, 1.807) is 0 Å². The summed E-state index contributed by atoms with van der Waals surface area (Å²) in [6, 6.07) is 7.25. The van der Waals surface area contributed by atoms with Crippen LogP contribution in [0.2, 0.25) is 0 Å². The van der Waals surface area contributed by atoms with Gasteiger partial charge in [0.2, 0.25) is 0 Å². The molecular weight excluding hydrogens is 366 g/mol. The quantitative estimate of drug-likeness (QED) is 0.381. The van der Waals surface area contributed by atoms with Gasteiger partial charge in [0, 0.05) is 24.3 Å². The fraction of sp³-hybridized carbons (Fsp3) is 0.450. The molecule has 0 aliphatic heterocycles. The summed E-state index contributed by atoms with van der Waals surface area (Å²) in [4.78, 5) is 11.8. The Morgan fingerprint density at radius 2 is 1.96 bits per heavy atom. The molecule has 0 spiro atoms. The molecular formula is C20H23NO5S. The van der Waals surface area contributed by atoms with Gasteiger partial charge in [-0.25, -0.2) is 13.9 Å². The maximum atomic E-state index is 12.0. The van der Waals surface area contributed by atoms with Gasteiger partial charge in [-0.15, -0.1) is 0 Å². The third-order valence-electron chi connectivity index (χ3n) is 4.93. The highest BCUT2D eigenvalue weighted by molar-refractivity contribution is 7.92. The number of carbonyl (C=O) groups is 1. The first-order chi connectivity index (χ1) is 12.7. The van der Waals surface area contributed by atoms with Gasteiger partial charge in [-0.05, 0) is 61.6 Å². The van der Waals surface area contributed by atoms with Gasteiger partial charge in [-0.3, -0.25) is 10.0 Å². The van der Waals surface area contributed by atoms with Gasteiger partial charge in [0.1, 0.15) is 4.75 Å². The minimum atomic E-state index is -3.70. The SMILES string of the molecule is CC(CCc1ccc(C#CC#C[C@@H]2CC2CO)cc1)(C(=O)NO)S(C)(=O)=O. The molecule has 0 bridgehead atoms. The molecule has 3 N–H and O–H groups in total. The van der Waals surface area contributed by atoms with E-state index in [1.165, 1.54) is 12.4 Å². The highest BCUT2D eigenvalue weighted by Crippen LogP contribution is 2.36. The van der Waals surface area contributed by atoms with Crippen LogP contribution in [0, 0.1) is 35.5 Å². The van der Waals surface area contributed by atoms with Gasteiger partial charge >= 0.3 is 0 Å². The molecule has 1 aliphatic carbocycles. The van der Waals surface area contributed by atoms with E-state index >= 15 is 0 Å². The van der Waals surface area contributed by atoms with Gasteiger partial charge in [-0.1, -0.05) is 24.0 Å². The van der Waals surface area contributed by atoms with E-state index in [4.69, 9.17) is 10.3 Å². The lowest BCUT2D eigenvalue weighted by Gasteiger charge is -2.25. The molecule has 6 nitrogen and oxygen atoms in total. The molecule has 0 radical (unpaired) electrons. The molecule has 1 aromatic carbocycles. The van der Waals surface area contributed by atoms with E-state index in [0.717, 1.165) is 23.8 Å². The predicted molar refractivity (Wildman–Crippen MR) is 101 cm³/mol. The van der Waals surface area contributed by atoms with Crippen LogP contribution in [0.4, 0.5) is 0 Å². The van der Waals surface area contributed by atoms with Crippen molar-refractivity contribution in [2.24, 2.45) is 11.8 Å². The predicted octanol–water partition coefficient (Wildman–Crippen LogP) is 0.911. The summed E-state index contributed by atoms with van der Waals surface area (Å²) in [5.41, 5.74) is 3.08. The highest BCUT2D eigenvalue weighted by Gasteiger charge is 2.43. The molecule has 0 aromatic heterocycles. The number of hydrogen-bond acceptors (Lipinski definition) is 5. The number of sulfone groups is 1. The summed E-state index contributed by atoms with van der Waals surface area (Å²) in [7, 11) is -3.70. The van der Waals surface area contributed by atoms with Crippen LogP contribution >= 0.6 is 0 Å². The molecule has 27 heavy (non-hydrogen) atoms. The zero-order valence-electron chi connectivity index (χ0n) is 15.3. The lowest BCUT2D eigenvalue weighted by molar-refractivity contribution is -0.131. The van der Waals surface area contributed by atoms with Gasteiger partial charge in [0.15, 0.2) is 9.84 Å². The van der Waals surface area contributed by atoms with Crippen molar-refractivity contribution >= 4 is 15.7 Å². The van der Waals surface area contributed by atoms with Crippen molar-refractivity contribution in [2.75, 3.05) is 12.9 Å². The zero-order valence-corrected chi connectivity index (χ0v) is 16.1. The smallest absolute Gasteiger partial charge is 0.264 e. The van der Waals surface area contributed by atoms with E-state index in [1.807, 2.05) is 24.3 Å². The van der Waals surface area contributed by atoms with Crippen LogP contribution in [-0.2, 0) is 21.1 Å². The lowest BCUT2D eigenvalue weighted by Crippen LogP contribution is -2.49. The Morgan fingerprint density at radius 3 is 2.48 bits per heavy atom. The molecule has 144 valence electrons. The number of carbonyl (C=O) groups excluding carboxylic acids is 1. The zero-order chi connectivity index (χ0) is 20.1. The molecule has 3 atom stereocenters. The van der Waals surface area contributed by atoms with E-state index in [2.05, 4.69) is 23.7 Å². The first kappa shape index (κ1) is 21.0. The number of aliphatic hydroxyl groups is 1. The molecule has 2 rings (SSSR count). The van der Waals surface area contributed by atoms with Crippen molar-refractivity contribution in [3.63, 3.8) is 0 Å². The van der Waals surface area contributed by atoms with E-state index in [-0.39, 0.29) is 18.9 Å². The molecule has 1 saturated carbocycles. The van der Waals surface area contributed by atoms with Crippen LogP contribution in [0.3, 0.4) is 0 Å². The largest absolute Gasteiger partial charge is 0.396 e. The first-order valence-electron chi connectivity index (χ1n) is 8.56. The average Bonchev–Trinajstić information content (AvgIpc) is 3.41. The number of hydroxylamine groups is 1. The van der Waals surface area contributed by atoms with Crippen LogP contribution in [0.5, 0.6) is 0 Å².